The van der Waals surface area contributed by atoms with Crippen LogP contribution in [0, 0.1) is 5.92 Å². The Balaban J connectivity index is 2.57. The minimum Gasteiger partial charge on any atom is -0.329 e. The molecule has 0 aliphatic carbocycles. The molecule has 90 valence electrons. The van der Waals surface area contributed by atoms with E-state index in [1.54, 1.807) is 0 Å². The van der Waals surface area contributed by atoms with Crippen LogP contribution in [-0.4, -0.2) is 12.3 Å². The average molecular weight is 302 g/mol. The summed E-state index contributed by atoms with van der Waals surface area (Å²) in [5.41, 5.74) is 7.17. The largest absolute Gasteiger partial charge is 0.329 e. The Hall–Kier alpha value is 0.01000. The predicted molar refractivity (Wildman–Crippen MR) is 77.9 cm³/mol. The number of hydrogen-bond acceptors (Lipinski definition) is 2. The third kappa shape index (κ3) is 4.48. The molecule has 0 fully saturated rings. The Morgan fingerprint density at radius 2 is 2.00 bits per heavy atom. The number of thioether (sulfide) groups is 1. The molecule has 0 bridgehead atoms. The molecule has 2 N–H and O–H groups in total. The highest BCUT2D eigenvalue weighted by atomic mass is 79.9. The lowest BCUT2D eigenvalue weighted by atomic mass is 10.1. The Bertz CT molecular complexity index is 315. The van der Waals surface area contributed by atoms with E-state index in [1.807, 2.05) is 17.8 Å². The summed E-state index contributed by atoms with van der Waals surface area (Å²) >= 11 is 5.55. The van der Waals surface area contributed by atoms with Gasteiger partial charge in [-0.05, 0) is 29.7 Å². The first kappa shape index (κ1) is 14.1. The molecule has 1 atom stereocenters. The predicted octanol–water partition coefficient (Wildman–Crippen LogP) is 4.23. The van der Waals surface area contributed by atoms with E-state index in [0.29, 0.717) is 11.8 Å². The molecule has 0 heterocycles. The van der Waals surface area contributed by atoms with E-state index >= 15 is 0 Å². The zero-order valence-corrected chi connectivity index (χ0v) is 12.4. The number of rotatable bonds is 6. The van der Waals surface area contributed by atoms with Crippen molar-refractivity contribution in [1.82, 2.24) is 0 Å². The molecule has 0 amide bonds. The van der Waals surface area contributed by atoms with E-state index in [9.17, 15) is 0 Å². The molecule has 0 aromatic heterocycles. The first-order valence-corrected chi connectivity index (χ1v) is 7.55. The molecule has 0 aliphatic rings. The lowest BCUT2D eigenvalue weighted by Crippen LogP contribution is -2.10. The molecule has 16 heavy (non-hydrogen) atoms. The van der Waals surface area contributed by atoms with Crippen LogP contribution in [0.2, 0.25) is 0 Å². The molecule has 0 radical (unpaired) electrons. The van der Waals surface area contributed by atoms with Crippen molar-refractivity contribution in [3.8, 4) is 0 Å². The molecule has 0 aliphatic heterocycles. The Labute approximate surface area is 111 Å². The topological polar surface area (TPSA) is 26.0 Å². The lowest BCUT2D eigenvalue weighted by Gasteiger charge is -2.17. The van der Waals surface area contributed by atoms with Gasteiger partial charge in [-0.25, -0.2) is 0 Å². The van der Waals surface area contributed by atoms with Crippen LogP contribution in [0.3, 0.4) is 0 Å². The fraction of sp³-hybridized carbons (Fsp3) is 0.538. The van der Waals surface area contributed by atoms with Crippen LogP contribution in [0.5, 0.6) is 0 Å². The van der Waals surface area contributed by atoms with E-state index in [0.717, 1.165) is 5.92 Å². The second-order valence-corrected chi connectivity index (χ2v) is 6.46. The molecule has 1 aromatic rings. The van der Waals surface area contributed by atoms with E-state index in [-0.39, 0.29) is 0 Å². The minimum absolute atomic E-state index is 0.411. The molecule has 1 unspecified atom stereocenters. The van der Waals surface area contributed by atoms with E-state index < -0.39 is 0 Å². The zero-order valence-electron chi connectivity index (χ0n) is 9.95. The van der Waals surface area contributed by atoms with Crippen molar-refractivity contribution in [2.75, 3.05) is 12.3 Å². The third-order valence-electron chi connectivity index (χ3n) is 2.48. The second-order valence-electron chi connectivity index (χ2n) is 4.30. The summed E-state index contributed by atoms with van der Waals surface area (Å²) in [6, 6.07) is 8.36. The van der Waals surface area contributed by atoms with Crippen molar-refractivity contribution in [2.45, 2.75) is 25.5 Å². The van der Waals surface area contributed by atoms with Crippen LogP contribution >= 0.6 is 27.7 Å². The van der Waals surface area contributed by atoms with Crippen LogP contribution in [-0.2, 0) is 0 Å². The van der Waals surface area contributed by atoms with Crippen molar-refractivity contribution in [1.29, 1.82) is 0 Å². The smallest absolute Gasteiger partial charge is 0.0430 e. The van der Waals surface area contributed by atoms with Crippen molar-refractivity contribution < 1.29 is 0 Å². The standard InChI is InChI=1S/C13H20BrNS/c1-10(2)7-8-16-13(9-15)11-5-3-4-6-12(11)14/h3-6,10,13H,7-9,15H2,1-2H3. The van der Waals surface area contributed by atoms with Crippen molar-refractivity contribution in [3.05, 3.63) is 34.3 Å². The van der Waals surface area contributed by atoms with Gasteiger partial charge in [0.25, 0.3) is 0 Å². The SMILES string of the molecule is CC(C)CCSC(CN)c1ccccc1Br. The van der Waals surface area contributed by atoms with Crippen LogP contribution in [0.15, 0.2) is 28.7 Å². The maximum atomic E-state index is 5.85. The first-order valence-electron chi connectivity index (χ1n) is 5.71. The van der Waals surface area contributed by atoms with Gasteiger partial charge in [-0.1, -0.05) is 48.0 Å². The summed E-state index contributed by atoms with van der Waals surface area (Å²) in [6.45, 7) is 5.22. The van der Waals surface area contributed by atoms with Gasteiger partial charge in [0, 0.05) is 16.3 Å². The monoisotopic (exact) mass is 301 g/mol. The van der Waals surface area contributed by atoms with Crippen LogP contribution in [0.1, 0.15) is 31.1 Å². The third-order valence-corrected chi connectivity index (χ3v) is 4.52. The summed E-state index contributed by atoms with van der Waals surface area (Å²) in [7, 11) is 0. The Morgan fingerprint density at radius 3 is 2.56 bits per heavy atom. The molecular formula is C13H20BrNS. The fourth-order valence-corrected chi connectivity index (χ4v) is 3.59. The van der Waals surface area contributed by atoms with E-state index in [1.165, 1.54) is 22.2 Å². The molecule has 3 heteroatoms. The van der Waals surface area contributed by atoms with Gasteiger partial charge in [-0.2, -0.15) is 11.8 Å². The van der Waals surface area contributed by atoms with Gasteiger partial charge >= 0.3 is 0 Å². The summed E-state index contributed by atoms with van der Waals surface area (Å²) < 4.78 is 1.17. The van der Waals surface area contributed by atoms with Crippen molar-refractivity contribution in [3.63, 3.8) is 0 Å². The van der Waals surface area contributed by atoms with Gasteiger partial charge in [0.05, 0.1) is 0 Å². The summed E-state index contributed by atoms with van der Waals surface area (Å²) in [5.74, 6) is 1.95. The van der Waals surface area contributed by atoms with Crippen molar-refractivity contribution >= 4 is 27.7 Å². The number of nitrogens with two attached hydrogens (primary N) is 1. The summed E-state index contributed by atoms with van der Waals surface area (Å²) in [6.07, 6.45) is 1.26. The molecule has 0 saturated heterocycles. The quantitative estimate of drug-likeness (QED) is 0.851. The molecule has 0 saturated carbocycles. The van der Waals surface area contributed by atoms with Gasteiger partial charge in [0.15, 0.2) is 0 Å². The highest BCUT2D eigenvalue weighted by molar-refractivity contribution is 9.10. The first-order chi connectivity index (χ1) is 7.65. The average Bonchev–Trinajstić information content (AvgIpc) is 2.25. The Morgan fingerprint density at radius 1 is 1.31 bits per heavy atom. The number of halogens is 1. The minimum atomic E-state index is 0.411. The summed E-state index contributed by atoms with van der Waals surface area (Å²) in [5, 5.41) is 0.411. The van der Waals surface area contributed by atoms with E-state index in [4.69, 9.17) is 5.73 Å². The van der Waals surface area contributed by atoms with Crippen molar-refractivity contribution in [2.24, 2.45) is 11.7 Å². The fourth-order valence-electron chi connectivity index (χ4n) is 1.47. The van der Waals surface area contributed by atoms with Gasteiger partial charge < -0.3 is 5.73 Å². The summed E-state index contributed by atoms with van der Waals surface area (Å²) in [4.78, 5) is 0. The highest BCUT2D eigenvalue weighted by Crippen LogP contribution is 2.33. The van der Waals surface area contributed by atoms with Crippen LogP contribution < -0.4 is 5.73 Å². The van der Waals surface area contributed by atoms with Gasteiger partial charge in [0.2, 0.25) is 0 Å². The van der Waals surface area contributed by atoms with Crippen LogP contribution in [0.25, 0.3) is 0 Å². The van der Waals surface area contributed by atoms with E-state index in [2.05, 4.69) is 48.0 Å². The molecule has 1 nitrogen and oxygen atoms in total. The van der Waals surface area contributed by atoms with Gasteiger partial charge in [-0.15, -0.1) is 0 Å². The zero-order chi connectivity index (χ0) is 12.0. The second kappa shape index (κ2) is 7.36. The van der Waals surface area contributed by atoms with Crippen LogP contribution in [0.4, 0.5) is 0 Å². The maximum absolute atomic E-state index is 5.85. The normalized spacial score (nSPS) is 13.1. The maximum Gasteiger partial charge on any atom is 0.0430 e. The van der Waals surface area contributed by atoms with Gasteiger partial charge in [0.1, 0.15) is 0 Å². The number of hydrogen-bond donors (Lipinski definition) is 1. The van der Waals surface area contributed by atoms with Gasteiger partial charge in [-0.3, -0.25) is 0 Å². The molecule has 0 spiro atoms. The number of benzene rings is 1. The molecular weight excluding hydrogens is 282 g/mol. The molecule has 1 rings (SSSR count). The molecule has 1 aromatic carbocycles. The lowest BCUT2D eigenvalue weighted by molar-refractivity contribution is 0.631. The highest BCUT2D eigenvalue weighted by Gasteiger charge is 2.12. The Kier molecular flexibility index (Phi) is 6.47.